The van der Waals surface area contributed by atoms with E-state index < -0.39 is 23.4 Å². The molecule has 0 saturated heterocycles. The Morgan fingerprint density at radius 3 is 2.26 bits per heavy atom. The monoisotopic (exact) mass is 276 g/mol. The highest BCUT2D eigenvalue weighted by Crippen LogP contribution is 2.36. The van der Waals surface area contributed by atoms with Crippen LogP contribution < -0.4 is 0 Å². The van der Waals surface area contributed by atoms with Crippen molar-refractivity contribution in [3.05, 3.63) is 34.9 Å². The summed E-state index contributed by atoms with van der Waals surface area (Å²) in [4.78, 5) is 0. The van der Waals surface area contributed by atoms with E-state index >= 15 is 0 Å². The van der Waals surface area contributed by atoms with Crippen LogP contribution in [0.1, 0.15) is 43.1 Å². The van der Waals surface area contributed by atoms with Crippen molar-refractivity contribution in [1.29, 1.82) is 0 Å². The maximum atomic E-state index is 12.6. The van der Waals surface area contributed by atoms with Gasteiger partial charge in [0.1, 0.15) is 6.10 Å². The molecule has 1 rings (SSSR count). The molecular weight excluding hydrogens is 257 g/mol. The van der Waals surface area contributed by atoms with Gasteiger partial charge in [-0.25, -0.2) is 0 Å². The maximum absolute atomic E-state index is 12.6. The lowest BCUT2D eigenvalue weighted by molar-refractivity contribution is -0.137. The average Bonchev–Trinajstić information content (AvgIpc) is 2.35. The van der Waals surface area contributed by atoms with Gasteiger partial charge in [0, 0.05) is 7.11 Å². The second-order valence-electron chi connectivity index (χ2n) is 4.84. The molecule has 1 aromatic carbocycles. The van der Waals surface area contributed by atoms with Gasteiger partial charge in [0.2, 0.25) is 0 Å². The van der Waals surface area contributed by atoms with Gasteiger partial charge < -0.3 is 9.84 Å². The Morgan fingerprint density at radius 1 is 1.32 bits per heavy atom. The third-order valence-electron chi connectivity index (χ3n) is 3.64. The van der Waals surface area contributed by atoms with E-state index in [-0.39, 0.29) is 0 Å². The first-order valence-electron chi connectivity index (χ1n) is 6.06. The van der Waals surface area contributed by atoms with Crippen LogP contribution in [0.25, 0.3) is 0 Å². The smallest absolute Gasteiger partial charge is 0.385 e. The second kappa shape index (κ2) is 5.51. The summed E-state index contributed by atoms with van der Waals surface area (Å²) >= 11 is 0. The Kier molecular flexibility index (Phi) is 4.63. The predicted octanol–water partition coefficient (Wildman–Crippen LogP) is 3.86. The first kappa shape index (κ1) is 16.0. The molecule has 2 unspecified atom stereocenters. The Balaban J connectivity index is 3.16. The zero-order chi connectivity index (χ0) is 14.8. The number of ether oxygens (including phenoxy) is 1. The number of alkyl halides is 3. The Morgan fingerprint density at radius 2 is 1.89 bits per heavy atom. The van der Waals surface area contributed by atoms with Crippen LogP contribution in [-0.4, -0.2) is 17.8 Å². The molecule has 0 aliphatic rings. The van der Waals surface area contributed by atoms with Crippen molar-refractivity contribution < 1.29 is 23.0 Å². The highest BCUT2D eigenvalue weighted by atomic mass is 19.4. The maximum Gasteiger partial charge on any atom is 0.416 e. The van der Waals surface area contributed by atoms with Crippen LogP contribution in [0.5, 0.6) is 0 Å². The van der Waals surface area contributed by atoms with Crippen LogP contribution in [0, 0.1) is 6.92 Å². The molecule has 0 aliphatic carbocycles. The molecule has 1 aromatic rings. The Bertz CT molecular complexity index is 437. The topological polar surface area (TPSA) is 29.5 Å². The fourth-order valence-corrected chi connectivity index (χ4v) is 1.94. The van der Waals surface area contributed by atoms with Crippen LogP contribution in [0.4, 0.5) is 13.2 Å². The van der Waals surface area contributed by atoms with E-state index in [1.54, 1.807) is 13.8 Å². The molecule has 19 heavy (non-hydrogen) atoms. The molecule has 0 spiro atoms. The molecule has 0 amide bonds. The van der Waals surface area contributed by atoms with Crippen molar-refractivity contribution in [1.82, 2.24) is 0 Å². The van der Waals surface area contributed by atoms with E-state index in [0.29, 0.717) is 17.5 Å². The van der Waals surface area contributed by atoms with Crippen molar-refractivity contribution in [3.63, 3.8) is 0 Å². The molecule has 0 fully saturated rings. The van der Waals surface area contributed by atoms with Crippen molar-refractivity contribution in [2.45, 2.75) is 45.1 Å². The van der Waals surface area contributed by atoms with Gasteiger partial charge in [0.05, 0.1) is 11.2 Å². The summed E-state index contributed by atoms with van der Waals surface area (Å²) in [5, 5.41) is 10.3. The Hall–Kier alpha value is -1.07. The van der Waals surface area contributed by atoms with E-state index in [0.717, 1.165) is 12.1 Å². The summed E-state index contributed by atoms with van der Waals surface area (Å²) in [6, 6.07) is 3.34. The van der Waals surface area contributed by atoms with Gasteiger partial charge in [0.25, 0.3) is 0 Å². The standard InChI is InChI=1S/C14H19F3O2/c1-5-13(3,19-4)12(18)11-7-6-10(8-9(11)2)14(15,16)17/h6-8,12,18H,5H2,1-4H3. The number of aliphatic hydroxyl groups excluding tert-OH is 1. The molecule has 108 valence electrons. The predicted molar refractivity (Wildman–Crippen MR) is 66.8 cm³/mol. The summed E-state index contributed by atoms with van der Waals surface area (Å²) in [6.45, 7) is 5.14. The highest BCUT2D eigenvalue weighted by Gasteiger charge is 2.35. The van der Waals surface area contributed by atoms with E-state index in [2.05, 4.69) is 0 Å². The minimum atomic E-state index is -4.37. The van der Waals surface area contributed by atoms with Gasteiger partial charge in [-0.2, -0.15) is 13.2 Å². The molecule has 0 aliphatic heterocycles. The van der Waals surface area contributed by atoms with Crippen molar-refractivity contribution in [2.75, 3.05) is 7.11 Å². The van der Waals surface area contributed by atoms with Gasteiger partial charge >= 0.3 is 6.18 Å². The minimum absolute atomic E-state index is 0.402. The van der Waals surface area contributed by atoms with E-state index in [4.69, 9.17) is 4.74 Å². The number of aliphatic hydroxyl groups is 1. The molecule has 0 radical (unpaired) electrons. The SMILES string of the molecule is CCC(C)(OC)C(O)c1ccc(C(F)(F)F)cc1C. The van der Waals surface area contributed by atoms with Crippen LogP contribution in [0.3, 0.4) is 0 Å². The fourth-order valence-electron chi connectivity index (χ4n) is 1.94. The van der Waals surface area contributed by atoms with Crippen LogP contribution >= 0.6 is 0 Å². The van der Waals surface area contributed by atoms with Gasteiger partial charge in [0.15, 0.2) is 0 Å². The molecule has 0 saturated carbocycles. The molecule has 1 N–H and O–H groups in total. The average molecular weight is 276 g/mol. The van der Waals surface area contributed by atoms with Gasteiger partial charge in [-0.1, -0.05) is 13.0 Å². The zero-order valence-corrected chi connectivity index (χ0v) is 11.5. The van der Waals surface area contributed by atoms with E-state index in [9.17, 15) is 18.3 Å². The third-order valence-corrected chi connectivity index (χ3v) is 3.64. The summed E-state index contributed by atoms with van der Waals surface area (Å²) in [5.74, 6) is 0. The lowest BCUT2D eigenvalue weighted by Gasteiger charge is -2.33. The van der Waals surface area contributed by atoms with E-state index in [1.807, 2.05) is 6.92 Å². The normalized spacial score (nSPS) is 17.1. The van der Waals surface area contributed by atoms with Crippen molar-refractivity contribution in [3.8, 4) is 0 Å². The summed E-state index contributed by atoms with van der Waals surface area (Å²) in [7, 11) is 1.48. The lowest BCUT2D eigenvalue weighted by Crippen LogP contribution is -2.34. The molecule has 0 heterocycles. The van der Waals surface area contributed by atoms with Crippen LogP contribution in [0.15, 0.2) is 18.2 Å². The number of methoxy groups -OCH3 is 1. The number of rotatable bonds is 4. The first-order chi connectivity index (χ1) is 8.65. The molecule has 0 bridgehead atoms. The molecule has 0 aromatic heterocycles. The number of aryl methyl sites for hydroxylation is 1. The lowest BCUT2D eigenvalue weighted by atomic mass is 9.87. The van der Waals surface area contributed by atoms with Gasteiger partial charge in [-0.15, -0.1) is 0 Å². The largest absolute Gasteiger partial charge is 0.416 e. The minimum Gasteiger partial charge on any atom is -0.385 e. The molecule has 2 nitrogen and oxygen atoms in total. The molecule has 5 heteroatoms. The molecular formula is C14H19F3O2. The number of benzene rings is 1. The number of hydrogen-bond donors (Lipinski definition) is 1. The fraction of sp³-hybridized carbons (Fsp3) is 0.571. The first-order valence-corrected chi connectivity index (χ1v) is 6.06. The van der Waals surface area contributed by atoms with Crippen molar-refractivity contribution >= 4 is 0 Å². The highest BCUT2D eigenvalue weighted by molar-refractivity contribution is 5.35. The van der Waals surface area contributed by atoms with Gasteiger partial charge in [-0.3, -0.25) is 0 Å². The summed E-state index contributed by atoms with van der Waals surface area (Å²) in [5.41, 5.74) is -0.667. The number of hydrogen-bond acceptors (Lipinski definition) is 2. The summed E-state index contributed by atoms with van der Waals surface area (Å²) < 4.78 is 43.0. The summed E-state index contributed by atoms with van der Waals surface area (Å²) in [6.07, 6.45) is -4.79. The number of halogens is 3. The quantitative estimate of drug-likeness (QED) is 0.904. The second-order valence-corrected chi connectivity index (χ2v) is 4.84. The third kappa shape index (κ3) is 3.28. The molecule has 2 atom stereocenters. The van der Waals surface area contributed by atoms with Crippen molar-refractivity contribution in [2.24, 2.45) is 0 Å². The van der Waals surface area contributed by atoms with Crippen LogP contribution in [0.2, 0.25) is 0 Å². The van der Waals surface area contributed by atoms with Crippen LogP contribution in [-0.2, 0) is 10.9 Å². The van der Waals surface area contributed by atoms with E-state index in [1.165, 1.54) is 13.2 Å². The zero-order valence-electron chi connectivity index (χ0n) is 11.5. The van der Waals surface area contributed by atoms with Gasteiger partial charge in [-0.05, 0) is 43.5 Å². The Labute approximate surface area is 111 Å².